The first-order chi connectivity index (χ1) is 8.04. The highest BCUT2D eigenvalue weighted by Crippen LogP contribution is 2.18. The molecule has 0 aliphatic heterocycles. The van der Waals surface area contributed by atoms with Gasteiger partial charge in [0.05, 0.1) is 0 Å². The van der Waals surface area contributed by atoms with Gasteiger partial charge in [0.15, 0.2) is 0 Å². The molecule has 0 fully saturated rings. The SMILES string of the molecule is CNNC(=O)CCCc1c(C)cc(C)cc1C. The first-order valence-corrected chi connectivity index (χ1v) is 6.07. The monoisotopic (exact) mass is 234 g/mol. The van der Waals surface area contributed by atoms with Gasteiger partial charge in [0.1, 0.15) is 0 Å². The Morgan fingerprint density at radius 1 is 1.18 bits per heavy atom. The Kier molecular flexibility index (Phi) is 5.16. The summed E-state index contributed by atoms with van der Waals surface area (Å²) in [5.41, 5.74) is 10.6. The average Bonchev–Trinajstić information content (AvgIpc) is 2.22. The van der Waals surface area contributed by atoms with Gasteiger partial charge in [-0.1, -0.05) is 17.7 Å². The highest BCUT2D eigenvalue weighted by Gasteiger charge is 2.05. The number of aryl methyl sites for hydroxylation is 3. The summed E-state index contributed by atoms with van der Waals surface area (Å²) in [6, 6.07) is 4.41. The van der Waals surface area contributed by atoms with E-state index in [0.717, 1.165) is 12.8 Å². The first kappa shape index (κ1) is 13.7. The van der Waals surface area contributed by atoms with Crippen LogP contribution in [-0.4, -0.2) is 13.0 Å². The highest BCUT2D eigenvalue weighted by molar-refractivity contribution is 5.75. The minimum atomic E-state index is 0.0508. The summed E-state index contributed by atoms with van der Waals surface area (Å²) in [5, 5.41) is 0. The standard InChI is InChI=1S/C14H22N2O/c1-10-8-11(2)13(12(3)9-10)6-5-7-14(17)16-15-4/h8-9,15H,5-7H2,1-4H3,(H,16,17). The summed E-state index contributed by atoms with van der Waals surface area (Å²) in [7, 11) is 1.70. The molecule has 94 valence electrons. The van der Waals surface area contributed by atoms with Gasteiger partial charge in [-0.15, -0.1) is 0 Å². The van der Waals surface area contributed by atoms with Crippen molar-refractivity contribution in [2.45, 2.75) is 40.0 Å². The second-order valence-electron chi connectivity index (χ2n) is 4.53. The zero-order chi connectivity index (χ0) is 12.8. The van der Waals surface area contributed by atoms with E-state index in [4.69, 9.17) is 0 Å². The van der Waals surface area contributed by atoms with E-state index >= 15 is 0 Å². The van der Waals surface area contributed by atoms with Gasteiger partial charge in [-0.3, -0.25) is 10.2 Å². The molecular weight excluding hydrogens is 212 g/mol. The van der Waals surface area contributed by atoms with E-state index in [-0.39, 0.29) is 5.91 Å². The molecule has 0 saturated heterocycles. The Morgan fingerprint density at radius 3 is 2.29 bits per heavy atom. The summed E-state index contributed by atoms with van der Waals surface area (Å²) >= 11 is 0. The number of nitrogens with one attached hydrogen (secondary N) is 2. The van der Waals surface area contributed by atoms with E-state index in [1.807, 2.05) is 0 Å². The van der Waals surface area contributed by atoms with Gasteiger partial charge in [0.2, 0.25) is 5.91 Å². The van der Waals surface area contributed by atoms with Crippen LogP contribution in [0.2, 0.25) is 0 Å². The van der Waals surface area contributed by atoms with Gasteiger partial charge in [-0.25, -0.2) is 5.43 Å². The Hall–Kier alpha value is -1.35. The minimum absolute atomic E-state index is 0.0508. The van der Waals surface area contributed by atoms with Crippen LogP contribution in [0.25, 0.3) is 0 Å². The number of amides is 1. The number of rotatable bonds is 5. The number of hydrogen-bond acceptors (Lipinski definition) is 2. The number of hydrogen-bond donors (Lipinski definition) is 2. The smallest absolute Gasteiger partial charge is 0.234 e. The topological polar surface area (TPSA) is 41.1 Å². The summed E-state index contributed by atoms with van der Waals surface area (Å²) < 4.78 is 0. The van der Waals surface area contributed by atoms with Gasteiger partial charge in [-0.2, -0.15) is 0 Å². The summed E-state index contributed by atoms with van der Waals surface area (Å²) in [5.74, 6) is 0.0508. The van der Waals surface area contributed by atoms with E-state index in [1.165, 1.54) is 22.3 Å². The zero-order valence-corrected chi connectivity index (χ0v) is 11.2. The summed E-state index contributed by atoms with van der Waals surface area (Å²) in [6.07, 6.45) is 2.42. The fourth-order valence-electron chi connectivity index (χ4n) is 2.23. The lowest BCUT2D eigenvalue weighted by molar-refractivity contribution is -0.122. The van der Waals surface area contributed by atoms with Crippen molar-refractivity contribution in [2.75, 3.05) is 7.05 Å². The lowest BCUT2D eigenvalue weighted by Gasteiger charge is -2.11. The molecule has 0 aliphatic carbocycles. The predicted octanol–water partition coefficient (Wildman–Crippen LogP) is 2.19. The largest absolute Gasteiger partial charge is 0.292 e. The van der Waals surface area contributed by atoms with Gasteiger partial charge in [0.25, 0.3) is 0 Å². The molecule has 0 unspecified atom stereocenters. The van der Waals surface area contributed by atoms with Crippen molar-refractivity contribution in [3.63, 3.8) is 0 Å². The third-order valence-corrected chi connectivity index (χ3v) is 2.94. The van der Waals surface area contributed by atoms with Crippen LogP contribution in [0.1, 0.15) is 35.1 Å². The number of benzene rings is 1. The molecule has 1 rings (SSSR count). The molecule has 0 saturated carbocycles. The molecule has 0 atom stereocenters. The quantitative estimate of drug-likeness (QED) is 0.767. The molecule has 3 heteroatoms. The minimum Gasteiger partial charge on any atom is -0.292 e. The molecule has 1 amide bonds. The van der Waals surface area contributed by atoms with Crippen LogP contribution < -0.4 is 10.9 Å². The maximum atomic E-state index is 11.3. The first-order valence-electron chi connectivity index (χ1n) is 6.07. The normalized spacial score (nSPS) is 10.4. The van der Waals surface area contributed by atoms with Gasteiger partial charge >= 0.3 is 0 Å². The molecular formula is C14H22N2O. The van der Waals surface area contributed by atoms with Crippen molar-refractivity contribution in [3.05, 3.63) is 34.4 Å². The Bertz CT molecular complexity index is 376. The molecule has 0 spiro atoms. The van der Waals surface area contributed by atoms with Crippen LogP contribution in [0.15, 0.2) is 12.1 Å². The maximum Gasteiger partial charge on any atom is 0.234 e. The van der Waals surface area contributed by atoms with Crippen LogP contribution in [-0.2, 0) is 11.2 Å². The van der Waals surface area contributed by atoms with E-state index in [2.05, 4.69) is 43.8 Å². The van der Waals surface area contributed by atoms with Crippen LogP contribution in [0, 0.1) is 20.8 Å². The molecule has 1 aromatic carbocycles. The average molecular weight is 234 g/mol. The van der Waals surface area contributed by atoms with Crippen molar-refractivity contribution in [1.29, 1.82) is 0 Å². The Balaban J connectivity index is 2.55. The zero-order valence-electron chi connectivity index (χ0n) is 11.2. The van der Waals surface area contributed by atoms with E-state index in [0.29, 0.717) is 6.42 Å². The van der Waals surface area contributed by atoms with Gasteiger partial charge in [-0.05, 0) is 50.3 Å². The molecule has 2 N–H and O–H groups in total. The lowest BCUT2D eigenvalue weighted by Crippen LogP contribution is -2.33. The third-order valence-electron chi connectivity index (χ3n) is 2.94. The van der Waals surface area contributed by atoms with Crippen molar-refractivity contribution >= 4 is 5.91 Å². The van der Waals surface area contributed by atoms with Crippen molar-refractivity contribution in [1.82, 2.24) is 10.9 Å². The highest BCUT2D eigenvalue weighted by atomic mass is 16.2. The van der Waals surface area contributed by atoms with E-state index in [1.54, 1.807) is 7.05 Å². The van der Waals surface area contributed by atoms with Crippen molar-refractivity contribution in [3.8, 4) is 0 Å². The molecule has 0 bridgehead atoms. The van der Waals surface area contributed by atoms with Gasteiger partial charge in [0, 0.05) is 13.5 Å². The van der Waals surface area contributed by atoms with E-state index < -0.39 is 0 Å². The van der Waals surface area contributed by atoms with E-state index in [9.17, 15) is 4.79 Å². The third kappa shape index (κ3) is 4.19. The Labute approximate surface area is 104 Å². The molecule has 0 radical (unpaired) electrons. The Morgan fingerprint density at radius 2 is 1.76 bits per heavy atom. The second-order valence-corrected chi connectivity index (χ2v) is 4.53. The molecule has 17 heavy (non-hydrogen) atoms. The van der Waals surface area contributed by atoms with Crippen molar-refractivity contribution in [2.24, 2.45) is 0 Å². The maximum absolute atomic E-state index is 11.3. The fourth-order valence-corrected chi connectivity index (χ4v) is 2.23. The summed E-state index contributed by atoms with van der Waals surface area (Å²) in [6.45, 7) is 6.40. The van der Waals surface area contributed by atoms with Crippen LogP contribution in [0.5, 0.6) is 0 Å². The summed E-state index contributed by atoms with van der Waals surface area (Å²) in [4.78, 5) is 11.3. The number of carbonyl (C=O) groups excluding carboxylic acids is 1. The molecule has 3 nitrogen and oxygen atoms in total. The van der Waals surface area contributed by atoms with Crippen LogP contribution >= 0.6 is 0 Å². The molecule has 0 aromatic heterocycles. The predicted molar refractivity (Wildman–Crippen MR) is 70.8 cm³/mol. The van der Waals surface area contributed by atoms with Crippen LogP contribution in [0.4, 0.5) is 0 Å². The molecule has 0 aliphatic rings. The fraction of sp³-hybridized carbons (Fsp3) is 0.500. The van der Waals surface area contributed by atoms with Crippen LogP contribution in [0.3, 0.4) is 0 Å². The second kappa shape index (κ2) is 6.40. The molecule has 0 heterocycles. The van der Waals surface area contributed by atoms with Crippen molar-refractivity contribution < 1.29 is 4.79 Å². The number of carbonyl (C=O) groups is 1. The number of hydrazine groups is 1. The van der Waals surface area contributed by atoms with Gasteiger partial charge < -0.3 is 0 Å². The lowest BCUT2D eigenvalue weighted by atomic mass is 9.95. The molecule has 1 aromatic rings.